The van der Waals surface area contributed by atoms with Gasteiger partial charge in [0.2, 0.25) is 0 Å². The number of aryl methyl sites for hydroxylation is 2. The molecule has 2 aliphatic rings. The van der Waals surface area contributed by atoms with Crippen LogP contribution in [0.4, 0.5) is 13.2 Å². The number of hydrogen-bond acceptors (Lipinski definition) is 6. The summed E-state index contributed by atoms with van der Waals surface area (Å²) in [5, 5.41) is 18.2. The number of nitrogens with zero attached hydrogens (tertiary/aromatic N) is 5. The molecule has 1 saturated carbocycles. The second-order valence-electron chi connectivity index (χ2n) is 11.6. The van der Waals surface area contributed by atoms with Crippen molar-refractivity contribution in [1.29, 1.82) is 0 Å². The highest BCUT2D eigenvalue weighted by molar-refractivity contribution is 8.22. The monoisotopic (exact) mass is 615 g/mol. The Bertz CT molecular complexity index is 1720. The SMILES string of the molecule is Cc1ccc(CN2C[C@@H](C)Cc3ccc(C(F)(F)F)cc3S2(O)O)cc1-n1ccc(C(=O)O)c1C1CC1c1cn(C)nn1. The zero-order valence-electron chi connectivity index (χ0n) is 23.8. The second kappa shape index (κ2) is 10.5. The summed E-state index contributed by atoms with van der Waals surface area (Å²) in [5.74, 6) is -1.11. The number of benzene rings is 2. The van der Waals surface area contributed by atoms with Gasteiger partial charge in [0.15, 0.2) is 0 Å². The van der Waals surface area contributed by atoms with Gasteiger partial charge >= 0.3 is 12.1 Å². The highest BCUT2D eigenvalue weighted by Gasteiger charge is 2.45. The van der Waals surface area contributed by atoms with Gasteiger partial charge in [-0.05, 0) is 66.6 Å². The minimum atomic E-state index is -4.61. The van der Waals surface area contributed by atoms with Crippen molar-refractivity contribution >= 4 is 16.7 Å². The first-order chi connectivity index (χ1) is 20.2. The molecule has 2 aromatic heterocycles. The quantitative estimate of drug-likeness (QED) is 0.223. The van der Waals surface area contributed by atoms with Crippen LogP contribution < -0.4 is 0 Å². The van der Waals surface area contributed by atoms with Crippen LogP contribution in [0.25, 0.3) is 5.69 Å². The van der Waals surface area contributed by atoms with E-state index in [0.717, 1.165) is 35.5 Å². The molecule has 13 heteroatoms. The predicted molar refractivity (Wildman–Crippen MR) is 154 cm³/mol. The minimum Gasteiger partial charge on any atom is -0.478 e. The normalized spacial score (nSPS) is 22.6. The van der Waals surface area contributed by atoms with Crippen LogP contribution in [0.1, 0.15) is 69.2 Å². The zero-order valence-corrected chi connectivity index (χ0v) is 24.6. The first-order valence-electron chi connectivity index (χ1n) is 13.9. The molecule has 0 radical (unpaired) electrons. The summed E-state index contributed by atoms with van der Waals surface area (Å²) in [7, 11) is -1.96. The van der Waals surface area contributed by atoms with Gasteiger partial charge in [-0.15, -0.1) is 15.9 Å². The fourth-order valence-electron chi connectivity index (χ4n) is 6.13. The molecule has 6 rings (SSSR count). The maximum Gasteiger partial charge on any atom is 0.416 e. The summed E-state index contributed by atoms with van der Waals surface area (Å²) < 4.78 is 68.4. The highest BCUT2D eigenvalue weighted by Crippen LogP contribution is 2.57. The molecule has 43 heavy (non-hydrogen) atoms. The number of hydrogen-bond donors (Lipinski definition) is 3. The van der Waals surface area contributed by atoms with Crippen molar-refractivity contribution in [2.24, 2.45) is 13.0 Å². The van der Waals surface area contributed by atoms with Crippen molar-refractivity contribution in [2.75, 3.05) is 6.54 Å². The van der Waals surface area contributed by atoms with E-state index in [2.05, 4.69) is 10.3 Å². The van der Waals surface area contributed by atoms with Gasteiger partial charge < -0.3 is 9.67 Å². The lowest BCUT2D eigenvalue weighted by molar-refractivity contribution is -0.137. The van der Waals surface area contributed by atoms with Crippen molar-refractivity contribution < 1.29 is 32.2 Å². The van der Waals surface area contributed by atoms with Crippen molar-refractivity contribution in [1.82, 2.24) is 23.9 Å². The molecule has 1 fully saturated rings. The van der Waals surface area contributed by atoms with E-state index >= 15 is 0 Å². The van der Waals surface area contributed by atoms with E-state index in [-0.39, 0.29) is 41.3 Å². The summed E-state index contributed by atoms with van der Waals surface area (Å²) in [6.07, 6.45) is 0.0931. The molecule has 1 aliphatic carbocycles. The third-order valence-electron chi connectivity index (χ3n) is 8.32. The highest BCUT2D eigenvalue weighted by atomic mass is 32.3. The molecule has 3 N–H and O–H groups in total. The molecule has 0 saturated heterocycles. The first kappa shape index (κ1) is 29.4. The summed E-state index contributed by atoms with van der Waals surface area (Å²) in [4.78, 5) is 12.1. The molecule has 2 aromatic carbocycles. The molecule has 0 bridgehead atoms. The molecular formula is C30H32F3N5O4S. The van der Waals surface area contributed by atoms with E-state index in [1.54, 1.807) is 24.0 Å². The average molecular weight is 616 g/mol. The Labute approximate surface area is 248 Å². The summed E-state index contributed by atoms with van der Waals surface area (Å²) in [6, 6.07) is 10.4. The lowest BCUT2D eigenvalue weighted by atomic mass is 9.99. The molecule has 4 aromatic rings. The van der Waals surface area contributed by atoms with E-state index in [4.69, 9.17) is 0 Å². The number of aromatic nitrogens is 4. The Balaban J connectivity index is 1.35. The number of rotatable bonds is 6. The van der Waals surface area contributed by atoms with Crippen molar-refractivity contribution in [3.63, 3.8) is 0 Å². The van der Waals surface area contributed by atoms with Gasteiger partial charge in [-0.1, -0.05) is 30.3 Å². The number of aromatic carboxylic acids is 1. The van der Waals surface area contributed by atoms with Crippen molar-refractivity contribution in [2.45, 2.75) is 56.1 Å². The Morgan fingerprint density at radius 2 is 1.88 bits per heavy atom. The topological polar surface area (TPSA) is 117 Å². The van der Waals surface area contributed by atoms with Crippen molar-refractivity contribution in [3.05, 3.63) is 94.1 Å². The van der Waals surface area contributed by atoms with E-state index in [1.165, 1.54) is 10.4 Å². The van der Waals surface area contributed by atoms with E-state index in [9.17, 15) is 32.2 Å². The molecule has 9 nitrogen and oxygen atoms in total. The molecule has 2 unspecified atom stereocenters. The first-order valence-corrected chi connectivity index (χ1v) is 15.4. The zero-order chi connectivity index (χ0) is 30.8. The maximum absolute atomic E-state index is 13.5. The van der Waals surface area contributed by atoms with E-state index < -0.39 is 28.5 Å². The Morgan fingerprint density at radius 3 is 2.56 bits per heavy atom. The number of fused-ring (bicyclic) bond motifs is 1. The van der Waals surface area contributed by atoms with Crippen LogP contribution in [0, 0.1) is 12.8 Å². The van der Waals surface area contributed by atoms with Crippen LogP contribution in [0.5, 0.6) is 0 Å². The molecule has 0 spiro atoms. The van der Waals surface area contributed by atoms with E-state index in [1.807, 2.05) is 42.8 Å². The lowest BCUT2D eigenvalue weighted by Crippen LogP contribution is -2.30. The standard InChI is InChI=1S/C30H32F3N5O4S/c1-17-10-20-6-7-21(30(31,32)33)12-27(20)43(41,42)37(14-17)15-19-5-4-18(2)26(11-19)38-9-8-22(29(39)40)28(38)24-13-23(24)25-16-36(3)35-34-25/h4-9,11-12,16-17,23-24,41-42H,10,13-15H2,1-3H3,(H,39,40)/t17-,23?,24?/m0/s1. The van der Waals surface area contributed by atoms with Gasteiger partial charge in [-0.2, -0.15) is 17.5 Å². The third kappa shape index (κ3) is 5.46. The molecular weight excluding hydrogens is 583 g/mol. The number of carboxylic acids is 1. The Kier molecular flexibility index (Phi) is 7.19. The van der Waals surface area contributed by atoms with Gasteiger partial charge in [0.05, 0.1) is 21.7 Å². The van der Waals surface area contributed by atoms with Gasteiger partial charge in [-0.3, -0.25) is 13.8 Å². The van der Waals surface area contributed by atoms with Gasteiger partial charge in [0, 0.05) is 55.7 Å². The smallest absolute Gasteiger partial charge is 0.416 e. The van der Waals surface area contributed by atoms with Crippen LogP contribution >= 0.6 is 10.8 Å². The Morgan fingerprint density at radius 1 is 1.12 bits per heavy atom. The van der Waals surface area contributed by atoms with Gasteiger partial charge in [0.1, 0.15) is 0 Å². The molecule has 0 amide bonds. The predicted octanol–water partition coefficient (Wildman–Crippen LogP) is 6.62. The van der Waals surface area contributed by atoms with E-state index in [0.29, 0.717) is 23.2 Å². The molecule has 3 atom stereocenters. The van der Waals surface area contributed by atoms with Crippen LogP contribution in [0.15, 0.2) is 59.8 Å². The maximum atomic E-state index is 13.5. The largest absolute Gasteiger partial charge is 0.478 e. The minimum absolute atomic E-state index is 0.0391. The summed E-state index contributed by atoms with van der Waals surface area (Å²) >= 11 is 0. The van der Waals surface area contributed by atoms with Gasteiger partial charge in [-0.25, -0.2) is 4.79 Å². The number of alkyl halides is 3. The fourth-order valence-corrected chi connectivity index (χ4v) is 7.99. The van der Waals surface area contributed by atoms with Crippen LogP contribution in [0.3, 0.4) is 0 Å². The molecule has 228 valence electrons. The molecule has 1 aliphatic heterocycles. The number of carbonyl (C=O) groups is 1. The van der Waals surface area contributed by atoms with Crippen LogP contribution in [0.2, 0.25) is 0 Å². The molecule has 3 heterocycles. The Hall–Kier alpha value is -3.65. The second-order valence-corrected chi connectivity index (χ2v) is 13.6. The van der Waals surface area contributed by atoms with Crippen LogP contribution in [-0.2, 0) is 26.2 Å². The van der Waals surface area contributed by atoms with Crippen molar-refractivity contribution in [3.8, 4) is 5.69 Å². The number of halogens is 3. The summed E-state index contributed by atoms with van der Waals surface area (Å²) in [6.45, 7) is 4.18. The fraction of sp³-hybridized carbons (Fsp3) is 0.367. The third-order valence-corrected chi connectivity index (χ3v) is 10.3. The average Bonchev–Trinajstić information content (AvgIpc) is 3.40. The number of carboxylic acid groups (broad SMARTS) is 1. The van der Waals surface area contributed by atoms with Crippen LogP contribution in [-0.4, -0.2) is 50.6 Å². The lowest BCUT2D eigenvalue weighted by Gasteiger charge is -2.43. The summed E-state index contributed by atoms with van der Waals surface area (Å²) in [5.41, 5.74) is 3.56. The van der Waals surface area contributed by atoms with Gasteiger partial charge in [0.25, 0.3) is 0 Å².